The molecule has 2 unspecified atom stereocenters. The minimum Gasteiger partial charge on any atom is -0.320 e. The van der Waals surface area contributed by atoms with Crippen LogP contribution in [0.25, 0.3) is 0 Å². The first-order chi connectivity index (χ1) is 17.7. The minimum atomic E-state index is -4.85. The van der Waals surface area contributed by atoms with Crippen molar-refractivity contribution in [3.8, 4) is 6.07 Å². The molecular weight excluding hydrogens is 484 g/mol. The Labute approximate surface area is 214 Å². The highest BCUT2D eigenvalue weighted by atomic mass is 19.4. The molecule has 1 saturated heterocycles. The van der Waals surface area contributed by atoms with Gasteiger partial charge in [0, 0.05) is 24.8 Å². The fourth-order valence-electron chi connectivity index (χ4n) is 6.27. The van der Waals surface area contributed by atoms with Crippen molar-refractivity contribution in [3.63, 3.8) is 0 Å². The largest absolute Gasteiger partial charge is 0.419 e. The Balaban J connectivity index is 1.31. The molecule has 0 bridgehead atoms. The van der Waals surface area contributed by atoms with Crippen molar-refractivity contribution in [1.29, 1.82) is 5.26 Å². The second-order valence-corrected chi connectivity index (χ2v) is 10.5. The number of rotatable bonds is 6. The molecule has 196 valence electrons. The zero-order valence-electron chi connectivity index (χ0n) is 20.5. The fourth-order valence-corrected chi connectivity index (χ4v) is 6.27. The average molecular weight is 515 g/mol. The van der Waals surface area contributed by atoms with Crippen LogP contribution in [0.15, 0.2) is 42.5 Å². The van der Waals surface area contributed by atoms with Crippen molar-refractivity contribution >= 4 is 11.7 Å². The number of benzene rings is 2. The average Bonchev–Trinajstić information content (AvgIpc) is 3.39. The van der Waals surface area contributed by atoms with Crippen LogP contribution in [0.1, 0.15) is 55.2 Å². The van der Waals surface area contributed by atoms with E-state index in [9.17, 15) is 27.6 Å². The lowest BCUT2D eigenvalue weighted by Gasteiger charge is -2.37. The summed E-state index contributed by atoms with van der Waals surface area (Å²) in [6.45, 7) is 3.15. The molecule has 5 nitrogen and oxygen atoms in total. The molecule has 2 aromatic carbocycles. The Morgan fingerprint density at radius 1 is 1.19 bits per heavy atom. The van der Waals surface area contributed by atoms with E-state index in [-0.39, 0.29) is 17.1 Å². The van der Waals surface area contributed by atoms with Gasteiger partial charge in [0.05, 0.1) is 17.2 Å². The standard InChI is InChI=1S/C28H30F4N4O/c29-25-7-6-22(16-24(25)28(30,31)32)34-26(37)36(13-12-35-10-1-2-11-35)23-8-9-27(17-21(27)15-23)20-5-3-4-19(14-20)18-33/h3-7,14,16,21,23H,1-2,8-13,15,17H2,(H,34,37)/t21?,23?,27-/m1/s1. The number of nitrogens with one attached hydrogen (secondary N) is 1. The van der Waals surface area contributed by atoms with Crippen LogP contribution >= 0.6 is 0 Å². The molecule has 9 heteroatoms. The minimum absolute atomic E-state index is 0.0371. The van der Waals surface area contributed by atoms with Crippen LogP contribution < -0.4 is 5.32 Å². The van der Waals surface area contributed by atoms with E-state index in [4.69, 9.17) is 0 Å². The Morgan fingerprint density at radius 2 is 1.97 bits per heavy atom. The summed E-state index contributed by atoms with van der Waals surface area (Å²) in [4.78, 5) is 17.5. The van der Waals surface area contributed by atoms with Crippen LogP contribution in [0.3, 0.4) is 0 Å². The maximum atomic E-state index is 13.8. The molecule has 2 aliphatic carbocycles. The lowest BCUT2D eigenvalue weighted by Crippen LogP contribution is -2.48. The molecule has 5 rings (SSSR count). The summed E-state index contributed by atoms with van der Waals surface area (Å²) in [5.41, 5.74) is 0.389. The summed E-state index contributed by atoms with van der Waals surface area (Å²) in [5, 5.41) is 11.9. The van der Waals surface area contributed by atoms with Crippen molar-refractivity contribution < 1.29 is 22.4 Å². The monoisotopic (exact) mass is 514 g/mol. The van der Waals surface area contributed by atoms with Gasteiger partial charge in [0.2, 0.25) is 0 Å². The SMILES string of the molecule is N#Cc1cccc([C@]23CCC(N(CCN4CCCC4)C(=O)Nc4ccc(F)c(C(F)(F)F)c4)CC2C3)c1. The molecule has 2 aromatic rings. The van der Waals surface area contributed by atoms with Crippen molar-refractivity contribution in [2.24, 2.45) is 5.92 Å². The highest BCUT2D eigenvalue weighted by Gasteiger charge is 2.58. The molecule has 1 N–H and O–H groups in total. The molecule has 0 radical (unpaired) electrons. The quantitative estimate of drug-likeness (QED) is 0.470. The molecule has 2 amide bonds. The molecule has 0 spiro atoms. The first-order valence-corrected chi connectivity index (χ1v) is 12.9. The third kappa shape index (κ3) is 5.30. The first-order valence-electron chi connectivity index (χ1n) is 12.9. The van der Waals surface area contributed by atoms with Crippen molar-refractivity contribution in [1.82, 2.24) is 9.80 Å². The molecule has 3 atom stereocenters. The van der Waals surface area contributed by atoms with Crippen LogP contribution in [0.4, 0.5) is 28.0 Å². The van der Waals surface area contributed by atoms with Gasteiger partial charge < -0.3 is 15.1 Å². The zero-order chi connectivity index (χ0) is 26.2. The van der Waals surface area contributed by atoms with Crippen LogP contribution in [0.2, 0.25) is 0 Å². The number of alkyl halides is 3. The Hall–Kier alpha value is -3.12. The number of carbonyl (C=O) groups is 1. The number of halogens is 4. The number of likely N-dealkylation sites (tertiary alicyclic amines) is 1. The van der Waals surface area contributed by atoms with E-state index in [2.05, 4.69) is 22.4 Å². The third-order valence-electron chi connectivity index (χ3n) is 8.36. The highest BCUT2D eigenvalue weighted by molar-refractivity contribution is 5.89. The zero-order valence-corrected chi connectivity index (χ0v) is 20.5. The molecule has 1 aliphatic heterocycles. The fraction of sp³-hybridized carbons (Fsp3) is 0.500. The smallest absolute Gasteiger partial charge is 0.320 e. The van der Waals surface area contributed by atoms with Gasteiger partial charge in [0.1, 0.15) is 5.82 Å². The van der Waals surface area contributed by atoms with E-state index in [1.54, 1.807) is 11.0 Å². The molecule has 3 fully saturated rings. The molecular formula is C28H30F4N4O. The molecule has 3 aliphatic rings. The number of nitriles is 1. The van der Waals surface area contributed by atoms with E-state index >= 15 is 0 Å². The van der Waals surface area contributed by atoms with Gasteiger partial charge in [-0.25, -0.2) is 9.18 Å². The van der Waals surface area contributed by atoms with Crippen molar-refractivity contribution in [2.75, 3.05) is 31.5 Å². The van der Waals surface area contributed by atoms with Crippen molar-refractivity contribution in [2.45, 2.75) is 56.2 Å². The van der Waals surface area contributed by atoms with Gasteiger partial charge in [-0.1, -0.05) is 12.1 Å². The van der Waals surface area contributed by atoms with Crippen LogP contribution in [-0.4, -0.2) is 48.1 Å². The van der Waals surface area contributed by atoms with Gasteiger partial charge in [-0.2, -0.15) is 18.4 Å². The van der Waals surface area contributed by atoms with E-state index in [1.165, 1.54) is 5.56 Å². The number of fused-ring (bicyclic) bond motifs is 1. The number of anilines is 1. The number of urea groups is 1. The highest BCUT2D eigenvalue weighted by Crippen LogP contribution is 2.62. The topological polar surface area (TPSA) is 59.4 Å². The van der Waals surface area contributed by atoms with Gasteiger partial charge in [-0.15, -0.1) is 0 Å². The van der Waals surface area contributed by atoms with E-state index in [1.807, 2.05) is 12.1 Å². The van der Waals surface area contributed by atoms with Gasteiger partial charge >= 0.3 is 12.2 Å². The van der Waals surface area contributed by atoms with E-state index < -0.39 is 23.6 Å². The number of hydrogen-bond acceptors (Lipinski definition) is 3. The molecule has 0 aromatic heterocycles. The van der Waals surface area contributed by atoms with Gasteiger partial charge in [-0.3, -0.25) is 0 Å². The lowest BCUT2D eigenvalue weighted by atomic mass is 9.80. The normalized spacial score (nSPS) is 25.3. The van der Waals surface area contributed by atoms with Gasteiger partial charge in [0.15, 0.2) is 0 Å². The maximum absolute atomic E-state index is 13.8. The summed E-state index contributed by atoms with van der Waals surface area (Å²) >= 11 is 0. The van der Waals surface area contributed by atoms with Crippen LogP contribution in [0, 0.1) is 23.1 Å². The second-order valence-electron chi connectivity index (χ2n) is 10.5. The number of carbonyl (C=O) groups excluding carboxylic acids is 1. The number of amides is 2. The Morgan fingerprint density at radius 3 is 2.68 bits per heavy atom. The summed E-state index contributed by atoms with van der Waals surface area (Å²) in [5.74, 6) is -0.973. The summed E-state index contributed by atoms with van der Waals surface area (Å²) in [6.07, 6.45) is 0.878. The second kappa shape index (κ2) is 9.97. The van der Waals surface area contributed by atoms with Gasteiger partial charge in [-0.05, 0) is 98.8 Å². The van der Waals surface area contributed by atoms with Crippen molar-refractivity contribution in [3.05, 3.63) is 65.0 Å². The third-order valence-corrected chi connectivity index (χ3v) is 8.36. The Kier molecular flexibility index (Phi) is 6.88. The number of hydrogen-bond donors (Lipinski definition) is 1. The summed E-state index contributed by atoms with van der Waals surface area (Å²) in [7, 11) is 0. The molecule has 37 heavy (non-hydrogen) atoms. The van der Waals surface area contributed by atoms with Gasteiger partial charge in [0.25, 0.3) is 0 Å². The summed E-state index contributed by atoms with van der Waals surface area (Å²) in [6, 6.07) is 12.0. The number of nitrogens with zero attached hydrogens (tertiary/aromatic N) is 3. The first kappa shape index (κ1) is 25.5. The van der Waals surface area contributed by atoms with Crippen LogP contribution in [0.5, 0.6) is 0 Å². The summed E-state index contributed by atoms with van der Waals surface area (Å²) < 4.78 is 53.3. The van der Waals surface area contributed by atoms with E-state index in [0.29, 0.717) is 30.6 Å². The van der Waals surface area contributed by atoms with Crippen LogP contribution in [-0.2, 0) is 11.6 Å². The maximum Gasteiger partial charge on any atom is 0.419 e. The molecule has 2 saturated carbocycles. The predicted molar refractivity (Wildman–Crippen MR) is 131 cm³/mol. The van der Waals surface area contributed by atoms with E-state index in [0.717, 1.165) is 63.7 Å². The molecule has 1 heterocycles. The predicted octanol–water partition coefficient (Wildman–Crippen LogP) is 6.16. The Bertz CT molecular complexity index is 1200. The lowest BCUT2D eigenvalue weighted by molar-refractivity contribution is -0.139.